The predicted octanol–water partition coefficient (Wildman–Crippen LogP) is 6.30. The first kappa shape index (κ1) is 15.0. The molecule has 0 aliphatic rings. The van der Waals surface area contributed by atoms with Crippen LogP contribution in [-0.2, 0) is 0 Å². The van der Waals surface area contributed by atoms with Crippen LogP contribution in [0.1, 0.15) is 16.0 Å². The number of alkyl halides is 1. The molecule has 0 N–H and O–H groups in total. The van der Waals surface area contributed by atoms with Crippen molar-refractivity contribution in [3.63, 3.8) is 0 Å². The molecule has 1 nitrogen and oxygen atoms in total. The van der Waals surface area contributed by atoms with Crippen molar-refractivity contribution in [2.45, 2.75) is 4.83 Å². The van der Waals surface area contributed by atoms with E-state index in [-0.39, 0.29) is 10.6 Å². The smallest absolute Gasteiger partial charge is 0.141 e. The van der Waals surface area contributed by atoms with Gasteiger partial charge in [0.1, 0.15) is 11.6 Å². The molecular weight excluding hydrogens is 419 g/mol. The van der Waals surface area contributed by atoms with Crippen molar-refractivity contribution in [3.8, 4) is 5.75 Å². The van der Waals surface area contributed by atoms with Gasteiger partial charge in [-0.25, -0.2) is 4.39 Å². The summed E-state index contributed by atoms with van der Waals surface area (Å²) in [4.78, 5) is -0.0551. The molecule has 1 unspecified atom stereocenters. The maximum absolute atomic E-state index is 13.7. The van der Waals surface area contributed by atoms with E-state index in [1.54, 1.807) is 24.5 Å². The summed E-state index contributed by atoms with van der Waals surface area (Å²) in [6.07, 6.45) is 0. The Morgan fingerprint density at radius 1 is 1.19 bits per heavy atom. The molecular formula is C16H11Br2FOS. The van der Waals surface area contributed by atoms with E-state index in [1.807, 2.05) is 12.1 Å². The Morgan fingerprint density at radius 3 is 2.71 bits per heavy atom. The third-order valence-electron chi connectivity index (χ3n) is 3.33. The van der Waals surface area contributed by atoms with Crippen molar-refractivity contribution in [2.24, 2.45) is 0 Å². The summed E-state index contributed by atoms with van der Waals surface area (Å²) in [5, 5.41) is 3.33. The molecule has 5 heteroatoms. The monoisotopic (exact) mass is 428 g/mol. The molecule has 0 amide bonds. The number of hydrogen-bond acceptors (Lipinski definition) is 2. The SMILES string of the molecule is COc1cc(F)c(Br)cc1C(Br)c1csc2ccccc12. The first-order valence-corrected chi connectivity index (χ1v) is 8.83. The van der Waals surface area contributed by atoms with E-state index in [0.29, 0.717) is 10.2 Å². The molecule has 3 rings (SSSR count). The molecule has 1 atom stereocenters. The second-order valence-corrected chi connectivity index (χ2v) is 7.24. The van der Waals surface area contributed by atoms with E-state index in [2.05, 4.69) is 49.4 Å². The lowest BCUT2D eigenvalue weighted by Gasteiger charge is -2.15. The fourth-order valence-corrected chi connectivity index (χ4v) is 4.54. The Labute approximate surface area is 143 Å². The molecule has 2 aromatic carbocycles. The molecule has 0 bridgehead atoms. The summed E-state index contributed by atoms with van der Waals surface area (Å²) < 4.78 is 20.7. The Morgan fingerprint density at radius 2 is 1.95 bits per heavy atom. The first-order valence-electron chi connectivity index (χ1n) is 6.25. The predicted molar refractivity (Wildman–Crippen MR) is 93.2 cm³/mol. The van der Waals surface area contributed by atoms with Crippen molar-refractivity contribution in [1.29, 1.82) is 0 Å². The van der Waals surface area contributed by atoms with Crippen molar-refractivity contribution in [2.75, 3.05) is 7.11 Å². The third kappa shape index (κ3) is 2.74. The molecule has 0 fully saturated rings. The first-order chi connectivity index (χ1) is 10.1. The summed E-state index contributed by atoms with van der Waals surface area (Å²) in [6.45, 7) is 0. The fraction of sp³-hybridized carbons (Fsp3) is 0.125. The average Bonchev–Trinajstić information content (AvgIpc) is 2.92. The molecule has 0 radical (unpaired) electrons. The quantitative estimate of drug-likeness (QED) is 0.444. The lowest BCUT2D eigenvalue weighted by Crippen LogP contribution is -1.98. The molecule has 0 saturated carbocycles. The molecule has 21 heavy (non-hydrogen) atoms. The van der Waals surface area contributed by atoms with E-state index < -0.39 is 0 Å². The highest BCUT2D eigenvalue weighted by molar-refractivity contribution is 9.10. The summed E-state index contributed by atoms with van der Waals surface area (Å²) in [5.41, 5.74) is 2.06. The summed E-state index contributed by atoms with van der Waals surface area (Å²) in [7, 11) is 1.55. The lowest BCUT2D eigenvalue weighted by atomic mass is 10.0. The normalized spacial score (nSPS) is 12.6. The summed E-state index contributed by atoms with van der Waals surface area (Å²) >= 11 is 8.67. The highest BCUT2D eigenvalue weighted by Crippen LogP contribution is 2.43. The van der Waals surface area contributed by atoms with Gasteiger partial charge in [-0.1, -0.05) is 34.1 Å². The minimum Gasteiger partial charge on any atom is -0.496 e. The summed E-state index contributed by atoms with van der Waals surface area (Å²) in [6, 6.07) is 11.4. The van der Waals surface area contributed by atoms with E-state index in [1.165, 1.54) is 16.2 Å². The largest absolute Gasteiger partial charge is 0.496 e. The third-order valence-corrected chi connectivity index (χ3v) is 5.91. The van der Waals surface area contributed by atoms with Gasteiger partial charge in [0, 0.05) is 16.3 Å². The van der Waals surface area contributed by atoms with Crippen LogP contribution in [0.3, 0.4) is 0 Å². The van der Waals surface area contributed by atoms with Crippen LogP contribution in [0.15, 0.2) is 46.3 Å². The lowest BCUT2D eigenvalue weighted by molar-refractivity contribution is 0.406. The van der Waals surface area contributed by atoms with Crippen LogP contribution in [0.25, 0.3) is 10.1 Å². The van der Waals surface area contributed by atoms with Crippen molar-refractivity contribution in [3.05, 3.63) is 63.2 Å². The van der Waals surface area contributed by atoms with Gasteiger partial charge in [0.15, 0.2) is 0 Å². The number of halogens is 3. The van der Waals surface area contributed by atoms with Crippen LogP contribution in [-0.4, -0.2) is 7.11 Å². The number of fused-ring (bicyclic) bond motifs is 1. The zero-order chi connectivity index (χ0) is 15.0. The Balaban J connectivity index is 2.14. The average molecular weight is 430 g/mol. The van der Waals surface area contributed by atoms with Gasteiger partial charge in [0.25, 0.3) is 0 Å². The van der Waals surface area contributed by atoms with Crippen LogP contribution in [0.5, 0.6) is 5.75 Å². The number of benzene rings is 2. The molecule has 1 heterocycles. The Hall–Kier alpha value is -0.910. The van der Waals surface area contributed by atoms with Gasteiger partial charge in [-0.3, -0.25) is 0 Å². The van der Waals surface area contributed by atoms with E-state index in [4.69, 9.17) is 4.74 Å². The van der Waals surface area contributed by atoms with Crippen LogP contribution in [0.2, 0.25) is 0 Å². The van der Waals surface area contributed by atoms with Crippen molar-refractivity contribution in [1.82, 2.24) is 0 Å². The van der Waals surface area contributed by atoms with E-state index in [0.717, 1.165) is 11.1 Å². The second-order valence-electron chi connectivity index (χ2n) is 4.56. The molecule has 0 spiro atoms. The van der Waals surface area contributed by atoms with Crippen molar-refractivity contribution >= 4 is 53.3 Å². The topological polar surface area (TPSA) is 9.23 Å². The minimum absolute atomic E-state index is 0.0551. The van der Waals surface area contributed by atoms with Crippen LogP contribution in [0.4, 0.5) is 4.39 Å². The van der Waals surface area contributed by atoms with Crippen molar-refractivity contribution < 1.29 is 9.13 Å². The van der Waals surface area contributed by atoms with Gasteiger partial charge in [0.05, 0.1) is 16.4 Å². The number of thiophene rings is 1. The number of hydrogen-bond donors (Lipinski definition) is 0. The molecule has 3 aromatic rings. The molecule has 0 aliphatic heterocycles. The Kier molecular flexibility index (Phi) is 4.33. The standard InChI is InChI=1S/C16H11Br2FOS/c1-20-14-7-13(19)12(17)6-10(14)16(18)11-8-21-15-5-3-2-4-9(11)15/h2-8,16H,1H3. The van der Waals surface area contributed by atoms with Gasteiger partial charge in [-0.05, 0) is 44.4 Å². The highest BCUT2D eigenvalue weighted by atomic mass is 79.9. The molecule has 1 aromatic heterocycles. The Bertz CT molecular complexity index is 800. The molecule has 0 saturated heterocycles. The fourth-order valence-electron chi connectivity index (χ4n) is 2.28. The van der Waals surface area contributed by atoms with Gasteiger partial charge < -0.3 is 4.74 Å². The number of ether oxygens (including phenoxy) is 1. The van der Waals surface area contributed by atoms with E-state index >= 15 is 0 Å². The maximum Gasteiger partial charge on any atom is 0.141 e. The summed E-state index contributed by atoms with van der Waals surface area (Å²) in [5.74, 6) is 0.207. The van der Waals surface area contributed by atoms with Gasteiger partial charge in [-0.2, -0.15) is 0 Å². The number of rotatable bonds is 3. The molecule has 108 valence electrons. The second kappa shape index (κ2) is 6.07. The zero-order valence-corrected chi connectivity index (χ0v) is 15.1. The van der Waals surface area contributed by atoms with Gasteiger partial charge >= 0.3 is 0 Å². The minimum atomic E-state index is -0.328. The van der Waals surface area contributed by atoms with Gasteiger partial charge in [0.2, 0.25) is 0 Å². The highest BCUT2D eigenvalue weighted by Gasteiger charge is 2.20. The maximum atomic E-state index is 13.7. The van der Waals surface area contributed by atoms with Crippen LogP contribution in [0, 0.1) is 5.82 Å². The van der Waals surface area contributed by atoms with Crippen LogP contribution < -0.4 is 4.74 Å². The van der Waals surface area contributed by atoms with Gasteiger partial charge in [-0.15, -0.1) is 11.3 Å². The van der Waals surface area contributed by atoms with E-state index in [9.17, 15) is 4.39 Å². The number of methoxy groups -OCH3 is 1. The molecule has 0 aliphatic carbocycles. The zero-order valence-electron chi connectivity index (χ0n) is 11.1. The van der Waals surface area contributed by atoms with Crippen LogP contribution >= 0.6 is 43.2 Å².